The summed E-state index contributed by atoms with van der Waals surface area (Å²) in [5.74, 6) is -1.21. The van der Waals surface area contributed by atoms with Crippen LogP contribution >= 0.6 is 0 Å². The van der Waals surface area contributed by atoms with Gasteiger partial charge in [0, 0.05) is 6.42 Å². The maximum atomic E-state index is 13.4. The molecule has 0 radical (unpaired) electrons. The summed E-state index contributed by atoms with van der Waals surface area (Å²) in [4.78, 5) is 26.6. The van der Waals surface area contributed by atoms with Crippen molar-refractivity contribution in [1.82, 2.24) is 5.32 Å². The van der Waals surface area contributed by atoms with Crippen molar-refractivity contribution >= 4 is 11.9 Å². The molecule has 1 aliphatic rings. The number of unbranched alkanes of at least 4 members (excludes halogenated alkanes) is 29. The molecule has 1 rings (SSSR count). The molecule has 446 valence electrons. The number of aliphatic hydroxyl groups is 5. The summed E-state index contributed by atoms with van der Waals surface area (Å²) in [6.07, 6.45) is 57.9. The lowest BCUT2D eigenvalue weighted by molar-refractivity contribution is -0.305. The predicted molar refractivity (Wildman–Crippen MR) is 319 cm³/mol. The van der Waals surface area contributed by atoms with E-state index in [-0.39, 0.29) is 19.4 Å². The average molecular weight is 1080 g/mol. The van der Waals surface area contributed by atoms with Gasteiger partial charge < -0.3 is 45.1 Å². The molecule has 11 heteroatoms. The lowest BCUT2D eigenvalue weighted by Crippen LogP contribution is -2.61. The van der Waals surface area contributed by atoms with Crippen molar-refractivity contribution in [1.29, 1.82) is 0 Å². The first-order chi connectivity index (χ1) is 37.7. The maximum absolute atomic E-state index is 13.4. The molecule has 1 fully saturated rings. The summed E-state index contributed by atoms with van der Waals surface area (Å²) in [5.41, 5.74) is 0. The number of rotatable bonds is 53. The summed E-state index contributed by atoms with van der Waals surface area (Å²) < 4.78 is 17.6. The number of carbonyl (C=O) groups is 2. The number of hydrogen-bond donors (Lipinski definition) is 6. The molecule has 0 aromatic heterocycles. The molecule has 0 aliphatic carbocycles. The lowest BCUT2D eigenvalue weighted by Gasteiger charge is -2.41. The summed E-state index contributed by atoms with van der Waals surface area (Å²) in [7, 11) is 0. The SMILES string of the molecule is CCCCC/C=C\C/C=C\C/C=C\CCCCCCCCC(=O)OC1C(OCC(NC(=O)C(O)CCCCCCCCCC/C=C\C/C=C\CCCCC)C(O)/C=C/CCCCCCCCCCC)OC(CO)C(O)C1O. The minimum atomic E-state index is -1.62. The van der Waals surface area contributed by atoms with Gasteiger partial charge in [-0.25, -0.2) is 0 Å². The van der Waals surface area contributed by atoms with Crippen LogP contribution in [0.1, 0.15) is 271 Å². The van der Waals surface area contributed by atoms with Crippen molar-refractivity contribution in [2.75, 3.05) is 13.2 Å². The molecule has 8 unspecified atom stereocenters. The second-order valence-electron chi connectivity index (χ2n) is 21.8. The van der Waals surface area contributed by atoms with Crippen LogP contribution in [-0.2, 0) is 23.8 Å². The Labute approximate surface area is 471 Å². The van der Waals surface area contributed by atoms with Gasteiger partial charge in [0.15, 0.2) is 12.4 Å². The van der Waals surface area contributed by atoms with Gasteiger partial charge in [0.2, 0.25) is 5.91 Å². The van der Waals surface area contributed by atoms with E-state index in [4.69, 9.17) is 14.2 Å². The second-order valence-corrected chi connectivity index (χ2v) is 21.8. The number of aliphatic hydroxyl groups excluding tert-OH is 5. The molecule has 1 aliphatic heterocycles. The fraction of sp³-hybridized carbons (Fsp3) is 0.788. The van der Waals surface area contributed by atoms with Gasteiger partial charge in [0.25, 0.3) is 0 Å². The molecule has 0 saturated carbocycles. The number of carbonyl (C=O) groups excluding carboxylic acids is 2. The monoisotopic (exact) mass is 1080 g/mol. The van der Waals surface area contributed by atoms with Gasteiger partial charge in [-0.3, -0.25) is 9.59 Å². The number of amides is 1. The minimum absolute atomic E-state index is 0.106. The Morgan fingerprint density at radius 3 is 1.36 bits per heavy atom. The normalized spacial score (nSPS) is 19.5. The first-order valence-electron chi connectivity index (χ1n) is 31.7. The van der Waals surface area contributed by atoms with Gasteiger partial charge in [0.1, 0.15) is 24.4 Å². The van der Waals surface area contributed by atoms with E-state index in [1.165, 1.54) is 122 Å². The highest BCUT2D eigenvalue weighted by Crippen LogP contribution is 2.26. The van der Waals surface area contributed by atoms with E-state index in [0.29, 0.717) is 12.8 Å². The van der Waals surface area contributed by atoms with Gasteiger partial charge in [-0.2, -0.15) is 0 Å². The summed E-state index contributed by atoms with van der Waals surface area (Å²) in [6.45, 7) is 5.73. The zero-order valence-electron chi connectivity index (χ0n) is 49.3. The van der Waals surface area contributed by atoms with Crippen LogP contribution in [0.15, 0.2) is 72.9 Å². The highest BCUT2D eigenvalue weighted by atomic mass is 16.7. The number of hydrogen-bond acceptors (Lipinski definition) is 10. The fourth-order valence-electron chi connectivity index (χ4n) is 9.51. The molecular formula is C66H117NO10. The van der Waals surface area contributed by atoms with Crippen LogP contribution in [0.5, 0.6) is 0 Å². The molecule has 1 amide bonds. The Morgan fingerprint density at radius 2 is 0.896 bits per heavy atom. The molecule has 0 spiro atoms. The van der Waals surface area contributed by atoms with Gasteiger partial charge in [0.05, 0.1) is 25.4 Å². The first kappa shape index (κ1) is 72.1. The van der Waals surface area contributed by atoms with Crippen molar-refractivity contribution in [2.24, 2.45) is 0 Å². The lowest BCUT2D eigenvalue weighted by atomic mass is 9.99. The third kappa shape index (κ3) is 41.7. The van der Waals surface area contributed by atoms with Crippen molar-refractivity contribution in [2.45, 2.75) is 320 Å². The van der Waals surface area contributed by atoms with Crippen LogP contribution in [0.3, 0.4) is 0 Å². The van der Waals surface area contributed by atoms with E-state index < -0.39 is 67.4 Å². The summed E-state index contributed by atoms with van der Waals surface area (Å²) in [5, 5.41) is 57.0. The third-order valence-corrected chi connectivity index (χ3v) is 14.6. The van der Waals surface area contributed by atoms with E-state index in [2.05, 4.69) is 86.8 Å². The van der Waals surface area contributed by atoms with Crippen molar-refractivity contribution in [3.63, 3.8) is 0 Å². The molecular weight excluding hydrogens is 967 g/mol. The fourth-order valence-corrected chi connectivity index (χ4v) is 9.51. The highest BCUT2D eigenvalue weighted by Gasteiger charge is 2.47. The van der Waals surface area contributed by atoms with Crippen molar-refractivity contribution < 1.29 is 49.3 Å². The Hall–Kier alpha value is -2.90. The van der Waals surface area contributed by atoms with Crippen LogP contribution < -0.4 is 5.32 Å². The smallest absolute Gasteiger partial charge is 0.306 e. The molecule has 1 saturated heterocycles. The Bertz CT molecular complexity index is 1530. The topological polar surface area (TPSA) is 175 Å². The molecule has 0 aromatic rings. The van der Waals surface area contributed by atoms with Crippen LogP contribution in [0.2, 0.25) is 0 Å². The highest BCUT2D eigenvalue weighted by molar-refractivity contribution is 5.80. The molecule has 11 nitrogen and oxygen atoms in total. The van der Waals surface area contributed by atoms with E-state index in [9.17, 15) is 35.1 Å². The number of esters is 1. The Balaban J connectivity index is 2.66. The second kappa shape index (κ2) is 53.7. The minimum Gasteiger partial charge on any atom is -0.454 e. The maximum Gasteiger partial charge on any atom is 0.306 e. The van der Waals surface area contributed by atoms with E-state index >= 15 is 0 Å². The van der Waals surface area contributed by atoms with Gasteiger partial charge >= 0.3 is 5.97 Å². The van der Waals surface area contributed by atoms with E-state index in [1.54, 1.807) is 6.08 Å². The van der Waals surface area contributed by atoms with Crippen LogP contribution in [0.4, 0.5) is 0 Å². The molecule has 8 atom stereocenters. The van der Waals surface area contributed by atoms with Crippen LogP contribution in [0, 0.1) is 0 Å². The molecule has 6 N–H and O–H groups in total. The first-order valence-corrected chi connectivity index (χ1v) is 31.7. The Morgan fingerprint density at radius 1 is 0.506 bits per heavy atom. The van der Waals surface area contributed by atoms with Crippen LogP contribution in [-0.4, -0.2) is 99.6 Å². The molecule has 1 heterocycles. The number of allylic oxidation sites excluding steroid dienone is 11. The largest absolute Gasteiger partial charge is 0.454 e. The zero-order valence-corrected chi connectivity index (χ0v) is 49.3. The predicted octanol–water partition coefficient (Wildman–Crippen LogP) is 15.2. The van der Waals surface area contributed by atoms with E-state index in [1.807, 2.05) is 6.08 Å². The summed E-state index contributed by atoms with van der Waals surface area (Å²) >= 11 is 0. The molecule has 0 bridgehead atoms. The zero-order chi connectivity index (χ0) is 56.1. The average Bonchev–Trinajstić information content (AvgIpc) is 3.43. The van der Waals surface area contributed by atoms with E-state index in [0.717, 1.165) is 103 Å². The molecule has 0 aromatic carbocycles. The standard InChI is InChI=1S/C66H117NO10/c1-4-7-10-13-16-19-22-24-26-28-30-32-34-36-39-42-45-48-51-54-61(71)77-64-63(73)62(72)60(55-68)76-66(64)75-56-57(58(69)52-49-46-43-40-37-21-18-15-12-9-6-3)67-65(74)59(70)53-50-47-44-41-38-35-33-31-29-27-25-23-20-17-14-11-8-5-2/h16-17,19-20,24-27,30,32,49,52,57-60,62-64,66,68-70,72-73H,4-15,18,21-23,28-29,31,33-48,50-51,53-56H2,1-3H3,(H,67,74)/b19-16-,20-17-,26-24-,27-25-,32-30-,52-49+. The summed E-state index contributed by atoms with van der Waals surface area (Å²) in [6, 6.07) is -1.03. The van der Waals surface area contributed by atoms with Crippen molar-refractivity contribution in [3.8, 4) is 0 Å². The van der Waals surface area contributed by atoms with Crippen LogP contribution in [0.25, 0.3) is 0 Å². The van der Waals surface area contributed by atoms with Gasteiger partial charge in [-0.1, -0.05) is 241 Å². The quantitative estimate of drug-likeness (QED) is 0.0195. The molecule has 77 heavy (non-hydrogen) atoms. The number of nitrogens with one attached hydrogen (secondary N) is 1. The number of ether oxygens (including phenoxy) is 3. The van der Waals surface area contributed by atoms with Gasteiger partial charge in [-0.05, 0) is 96.3 Å². The van der Waals surface area contributed by atoms with Gasteiger partial charge in [-0.15, -0.1) is 0 Å². The third-order valence-electron chi connectivity index (χ3n) is 14.6. The Kier molecular flexibility index (Phi) is 50.3. The van der Waals surface area contributed by atoms with Crippen molar-refractivity contribution in [3.05, 3.63) is 72.9 Å².